The zero-order chi connectivity index (χ0) is 19.7. The summed E-state index contributed by atoms with van der Waals surface area (Å²) in [4.78, 5) is 12.1. The summed E-state index contributed by atoms with van der Waals surface area (Å²) in [6.07, 6.45) is -0.0841. The summed E-state index contributed by atoms with van der Waals surface area (Å²) in [5, 5.41) is 2.66. The molecule has 0 saturated carbocycles. The summed E-state index contributed by atoms with van der Waals surface area (Å²) in [5.74, 6) is 0.908. The maximum Gasteiger partial charge on any atom is 0.221 e. The van der Waals surface area contributed by atoms with Gasteiger partial charge in [0.05, 0.1) is 23.8 Å². The van der Waals surface area contributed by atoms with Crippen molar-refractivity contribution in [2.24, 2.45) is 0 Å². The number of aryl methyl sites for hydroxylation is 1. The fraction of sp³-hybridized carbons (Fsp3) is 0.350. The summed E-state index contributed by atoms with van der Waals surface area (Å²) >= 11 is 0. The minimum absolute atomic E-state index is 0.0841. The maximum atomic E-state index is 12.2. The average molecular weight is 391 g/mol. The molecule has 7 heteroatoms. The Kier molecular flexibility index (Phi) is 7.67. The maximum absolute atomic E-state index is 12.2. The first-order valence-electron chi connectivity index (χ1n) is 8.82. The van der Waals surface area contributed by atoms with Crippen molar-refractivity contribution in [2.75, 3.05) is 25.5 Å². The number of carbonyl (C=O) groups excluding carboxylic acids is 1. The predicted molar refractivity (Wildman–Crippen MR) is 104 cm³/mol. The molecular weight excluding hydrogens is 366 g/mol. The largest absolute Gasteiger partial charge is 0.494 e. The van der Waals surface area contributed by atoms with E-state index in [0.29, 0.717) is 25.5 Å². The number of hydrogen-bond acceptors (Lipinski definition) is 5. The van der Waals surface area contributed by atoms with Crippen LogP contribution in [-0.2, 0) is 14.6 Å². The fourth-order valence-electron chi connectivity index (χ4n) is 2.34. The lowest BCUT2D eigenvalue weighted by Gasteiger charge is -2.09. The van der Waals surface area contributed by atoms with Crippen LogP contribution in [0.15, 0.2) is 53.4 Å². The molecule has 2 aromatic carbocycles. The second kappa shape index (κ2) is 9.97. The number of sulfone groups is 1. The fourth-order valence-corrected chi connectivity index (χ4v) is 3.58. The van der Waals surface area contributed by atoms with Crippen molar-refractivity contribution in [3.8, 4) is 11.5 Å². The molecule has 1 N–H and O–H groups in total. The lowest BCUT2D eigenvalue weighted by atomic mass is 10.2. The monoisotopic (exact) mass is 391 g/mol. The van der Waals surface area contributed by atoms with Crippen LogP contribution in [0, 0.1) is 6.92 Å². The van der Waals surface area contributed by atoms with Crippen LogP contribution in [0.2, 0.25) is 0 Å². The lowest BCUT2D eigenvalue weighted by molar-refractivity contribution is -0.120. The molecule has 0 radical (unpaired) electrons. The van der Waals surface area contributed by atoms with Crippen molar-refractivity contribution in [1.29, 1.82) is 0 Å². The van der Waals surface area contributed by atoms with Crippen molar-refractivity contribution < 1.29 is 22.7 Å². The van der Waals surface area contributed by atoms with Gasteiger partial charge in [0.2, 0.25) is 5.91 Å². The van der Waals surface area contributed by atoms with Crippen LogP contribution in [0.5, 0.6) is 11.5 Å². The Balaban J connectivity index is 1.69. The number of rotatable bonds is 10. The van der Waals surface area contributed by atoms with Crippen molar-refractivity contribution in [1.82, 2.24) is 5.32 Å². The van der Waals surface area contributed by atoms with Crippen LogP contribution in [0.3, 0.4) is 0 Å². The first-order chi connectivity index (χ1) is 12.9. The molecule has 0 aliphatic rings. The Morgan fingerprint density at radius 1 is 0.963 bits per heavy atom. The van der Waals surface area contributed by atoms with E-state index in [2.05, 4.69) is 5.32 Å². The van der Waals surface area contributed by atoms with Gasteiger partial charge in [0, 0.05) is 6.42 Å². The third-order valence-corrected chi connectivity index (χ3v) is 5.54. The van der Waals surface area contributed by atoms with E-state index in [1.165, 1.54) is 0 Å². The molecule has 0 atom stereocenters. The van der Waals surface area contributed by atoms with E-state index in [1.54, 1.807) is 36.4 Å². The SMILES string of the molecule is CCOc1ccc(OCCNC(=O)CCS(=O)(=O)c2ccc(C)cc2)cc1. The second-order valence-corrected chi connectivity index (χ2v) is 8.09. The lowest BCUT2D eigenvalue weighted by Crippen LogP contribution is -2.29. The van der Waals surface area contributed by atoms with E-state index < -0.39 is 9.84 Å². The standard InChI is InChI=1S/C20H25NO5S/c1-3-25-17-6-8-18(9-7-17)26-14-13-21-20(22)12-15-27(23,24)19-10-4-16(2)5-11-19/h4-11H,3,12-15H2,1-2H3,(H,21,22). The van der Waals surface area contributed by atoms with Gasteiger partial charge in [-0.2, -0.15) is 0 Å². The van der Waals surface area contributed by atoms with Gasteiger partial charge in [-0.15, -0.1) is 0 Å². The normalized spacial score (nSPS) is 11.0. The van der Waals surface area contributed by atoms with Gasteiger partial charge >= 0.3 is 0 Å². The van der Waals surface area contributed by atoms with Crippen molar-refractivity contribution in [3.63, 3.8) is 0 Å². The van der Waals surface area contributed by atoms with Gasteiger partial charge in [-0.1, -0.05) is 17.7 Å². The van der Waals surface area contributed by atoms with Gasteiger partial charge in [0.15, 0.2) is 9.84 Å². The second-order valence-electron chi connectivity index (χ2n) is 5.98. The van der Waals surface area contributed by atoms with Gasteiger partial charge in [0.1, 0.15) is 18.1 Å². The van der Waals surface area contributed by atoms with E-state index in [0.717, 1.165) is 11.3 Å². The minimum Gasteiger partial charge on any atom is -0.494 e. The molecule has 0 saturated heterocycles. The Morgan fingerprint density at radius 2 is 1.56 bits per heavy atom. The van der Waals surface area contributed by atoms with E-state index in [4.69, 9.17) is 9.47 Å². The van der Waals surface area contributed by atoms with E-state index in [1.807, 2.05) is 26.0 Å². The number of benzene rings is 2. The van der Waals surface area contributed by atoms with Crippen molar-refractivity contribution in [3.05, 3.63) is 54.1 Å². The van der Waals surface area contributed by atoms with Crippen LogP contribution in [0.1, 0.15) is 18.9 Å². The van der Waals surface area contributed by atoms with Crippen molar-refractivity contribution >= 4 is 15.7 Å². The number of amides is 1. The van der Waals surface area contributed by atoms with Crippen LogP contribution >= 0.6 is 0 Å². The highest BCUT2D eigenvalue weighted by Gasteiger charge is 2.16. The topological polar surface area (TPSA) is 81.7 Å². The summed E-state index contributed by atoms with van der Waals surface area (Å²) in [5.41, 5.74) is 0.985. The highest BCUT2D eigenvalue weighted by atomic mass is 32.2. The molecule has 146 valence electrons. The van der Waals surface area contributed by atoms with Crippen LogP contribution in [-0.4, -0.2) is 39.8 Å². The van der Waals surface area contributed by atoms with Crippen molar-refractivity contribution in [2.45, 2.75) is 25.2 Å². The van der Waals surface area contributed by atoms with Crippen LogP contribution in [0.25, 0.3) is 0 Å². The number of ether oxygens (including phenoxy) is 2. The Hall–Kier alpha value is -2.54. The molecule has 0 aromatic heterocycles. The molecule has 27 heavy (non-hydrogen) atoms. The summed E-state index contributed by atoms with van der Waals surface area (Å²) in [7, 11) is -3.46. The van der Waals surface area contributed by atoms with E-state index in [9.17, 15) is 13.2 Å². The molecule has 0 aliphatic heterocycles. The quantitative estimate of drug-likeness (QED) is 0.630. The molecule has 0 aliphatic carbocycles. The molecule has 2 aromatic rings. The molecule has 2 rings (SSSR count). The molecule has 6 nitrogen and oxygen atoms in total. The van der Waals surface area contributed by atoms with E-state index in [-0.39, 0.29) is 23.0 Å². The third kappa shape index (κ3) is 6.94. The predicted octanol–water partition coefficient (Wildman–Crippen LogP) is 2.75. The average Bonchev–Trinajstić information content (AvgIpc) is 2.65. The van der Waals surface area contributed by atoms with Gasteiger partial charge in [-0.05, 0) is 50.2 Å². The molecule has 0 unspecified atom stereocenters. The highest BCUT2D eigenvalue weighted by Crippen LogP contribution is 2.17. The molecule has 0 heterocycles. The zero-order valence-corrected chi connectivity index (χ0v) is 16.4. The van der Waals surface area contributed by atoms with Gasteiger partial charge < -0.3 is 14.8 Å². The minimum atomic E-state index is -3.46. The molecular formula is C20H25NO5S. The number of nitrogens with one attached hydrogen (secondary N) is 1. The van der Waals surface area contributed by atoms with Crippen LogP contribution < -0.4 is 14.8 Å². The zero-order valence-electron chi connectivity index (χ0n) is 15.6. The number of carbonyl (C=O) groups is 1. The summed E-state index contributed by atoms with van der Waals surface area (Å²) in [6.45, 7) is 5.01. The van der Waals surface area contributed by atoms with Gasteiger partial charge in [-0.3, -0.25) is 4.79 Å². The third-order valence-electron chi connectivity index (χ3n) is 3.81. The highest BCUT2D eigenvalue weighted by molar-refractivity contribution is 7.91. The molecule has 1 amide bonds. The first-order valence-corrected chi connectivity index (χ1v) is 10.5. The molecule has 0 spiro atoms. The summed E-state index contributed by atoms with van der Waals surface area (Å²) in [6, 6.07) is 13.8. The van der Waals surface area contributed by atoms with E-state index >= 15 is 0 Å². The molecule has 0 fully saturated rings. The smallest absolute Gasteiger partial charge is 0.221 e. The Morgan fingerprint density at radius 3 is 2.15 bits per heavy atom. The summed E-state index contributed by atoms with van der Waals surface area (Å²) < 4.78 is 35.3. The Labute approximate surface area is 160 Å². The first kappa shape index (κ1) is 20.8. The number of hydrogen-bond donors (Lipinski definition) is 1. The molecule has 0 bridgehead atoms. The van der Waals surface area contributed by atoms with Crippen LogP contribution in [0.4, 0.5) is 0 Å². The van der Waals surface area contributed by atoms with Gasteiger partial charge in [-0.25, -0.2) is 8.42 Å². The Bertz CT molecular complexity index is 830. The van der Waals surface area contributed by atoms with Gasteiger partial charge in [0.25, 0.3) is 0 Å².